The largest absolute Gasteiger partial charge is 0.376 e. The Hall–Kier alpha value is -0.610. The zero-order valence-electron chi connectivity index (χ0n) is 12.6. The van der Waals surface area contributed by atoms with Crippen LogP contribution in [0.1, 0.15) is 57.8 Å². The Morgan fingerprint density at radius 2 is 1.75 bits per heavy atom. The molecule has 0 spiro atoms. The zero-order chi connectivity index (χ0) is 14.2. The standard InChI is InChI=1S/C16H30N2O2/c17-12-13-6-4-5-9-15(13)16(19)18-10-11-20-14-7-2-1-3-8-14/h13-15H,1-12,17H2,(H,18,19). The summed E-state index contributed by atoms with van der Waals surface area (Å²) in [7, 11) is 0. The number of carbonyl (C=O) groups is 1. The Morgan fingerprint density at radius 1 is 1.05 bits per heavy atom. The van der Waals surface area contributed by atoms with E-state index < -0.39 is 0 Å². The lowest BCUT2D eigenvalue weighted by molar-refractivity contribution is -0.128. The molecule has 0 aromatic rings. The Bertz CT molecular complexity index is 290. The van der Waals surface area contributed by atoms with Gasteiger partial charge >= 0.3 is 0 Å². The normalized spacial score (nSPS) is 28.2. The van der Waals surface area contributed by atoms with Crippen LogP contribution < -0.4 is 11.1 Å². The highest BCUT2D eigenvalue weighted by Crippen LogP contribution is 2.29. The smallest absolute Gasteiger partial charge is 0.223 e. The molecule has 2 aliphatic rings. The molecule has 3 N–H and O–H groups in total. The lowest BCUT2D eigenvalue weighted by Gasteiger charge is -2.29. The third-order valence-corrected chi connectivity index (χ3v) is 4.86. The van der Waals surface area contributed by atoms with Gasteiger partial charge in [-0.2, -0.15) is 0 Å². The molecule has 0 aliphatic heterocycles. The van der Waals surface area contributed by atoms with Crippen molar-refractivity contribution in [1.82, 2.24) is 5.32 Å². The molecule has 2 unspecified atom stereocenters. The van der Waals surface area contributed by atoms with Crippen LogP contribution >= 0.6 is 0 Å². The highest BCUT2D eigenvalue weighted by atomic mass is 16.5. The van der Waals surface area contributed by atoms with Gasteiger partial charge in [-0.3, -0.25) is 4.79 Å². The maximum absolute atomic E-state index is 12.2. The fraction of sp³-hybridized carbons (Fsp3) is 0.938. The van der Waals surface area contributed by atoms with E-state index >= 15 is 0 Å². The van der Waals surface area contributed by atoms with Gasteiger partial charge < -0.3 is 15.8 Å². The maximum atomic E-state index is 12.2. The number of amides is 1. The minimum absolute atomic E-state index is 0.128. The first-order chi connectivity index (χ1) is 9.81. The van der Waals surface area contributed by atoms with Gasteiger partial charge in [-0.15, -0.1) is 0 Å². The topological polar surface area (TPSA) is 64.4 Å². The van der Waals surface area contributed by atoms with E-state index in [-0.39, 0.29) is 11.8 Å². The summed E-state index contributed by atoms with van der Waals surface area (Å²) in [6, 6.07) is 0. The third kappa shape index (κ3) is 4.74. The van der Waals surface area contributed by atoms with Crippen molar-refractivity contribution in [2.45, 2.75) is 63.9 Å². The minimum atomic E-state index is 0.128. The Kier molecular flexibility index (Phi) is 6.80. The molecule has 2 aliphatic carbocycles. The fourth-order valence-electron chi connectivity index (χ4n) is 3.60. The average molecular weight is 282 g/mol. The summed E-state index contributed by atoms with van der Waals surface area (Å²) >= 11 is 0. The quantitative estimate of drug-likeness (QED) is 0.734. The highest BCUT2D eigenvalue weighted by Gasteiger charge is 2.29. The maximum Gasteiger partial charge on any atom is 0.223 e. The van der Waals surface area contributed by atoms with Crippen molar-refractivity contribution in [3.8, 4) is 0 Å². The summed E-state index contributed by atoms with van der Waals surface area (Å²) in [5, 5.41) is 3.04. The van der Waals surface area contributed by atoms with E-state index in [1.54, 1.807) is 0 Å². The number of nitrogens with two attached hydrogens (primary N) is 1. The van der Waals surface area contributed by atoms with Gasteiger partial charge in [0.2, 0.25) is 5.91 Å². The number of carbonyl (C=O) groups excluding carboxylic acids is 1. The van der Waals surface area contributed by atoms with E-state index in [1.807, 2.05) is 0 Å². The monoisotopic (exact) mass is 282 g/mol. The van der Waals surface area contributed by atoms with Crippen LogP contribution in [-0.4, -0.2) is 31.7 Å². The molecule has 4 heteroatoms. The molecule has 20 heavy (non-hydrogen) atoms. The van der Waals surface area contributed by atoms with Gasteiger partial charge in [0, 0.05) is 12.5 Å². The van der Waals surface area contributed by atoms with E-state index in [0.29, 0.717) is 31.7 Å². The van der Waals surface area contributed by atoms with Crippen molar-refractivity contribution < 1.29 is 9.53 Å². The first-order valence-electron chi connectivity index (χ1n) is 8.40. The SMILES string of the molecule is NCC1CCCCC1C(=O)NCCOC1CCCCC1. The van der Waals surface area contributed by atoms with Crippen LogP contribution in [-0.2, 0) is 9.53 Å². The summed E-state index contributed by atoms with van der Waals surface area (Å²) in [4.78, 5) is 12.2. The second kappa shape index (κ2) is 8.63. The van der Waals surface area contributed by atoms with Gasteiger partial charge in [0.25, 0.3) is 0 Å². The van der Waals surface area contributed by atoms with Gasteiger partial charge in [-0.1, -0.05) is 32.1 Å². The summed E-state index contributed by atoms with van der Waals surface area (Å²) in [5.74, 6) is 0.693. The third-order valence-electron chi connectivity index (χ3n) is 4.86. The summed E-state index contributed by atoms with van der Waals surface area (Å²) in [6.07, 6.45) is 11.2. The van der Waals surface area contributed by atoms with Crippen LogP contribution in [0.2, 0.25) is 0 Å². The number of hydrogen-bond acceptors (Lipinski definition) is 3. The van der Waals surface area contributed by atoms with Crippen molar-refractivity contribution in [2.75, 3.05) is 19.7 Å². The average Bonchev–Trinajstić information content (AvgIpc) is 2.52. The van der Waals surface area contributed by atoms with Gasteiger partial charge in [0.05, 0.1) is 12.7 Å². The first-order valence-corrected chi connectivity index (χ1v) is 8.40. The zero-order valence-corrected chi connectivity index (χ0v) is 12.6. The lowest BCUT2D eigenvalue weighted by atomic mass is 9.79. The molecule has 0 heterocycles. The Labute approximate surface area is 122 Å². The molecule has 1 amide bonds. The number of nitrogens with one attached hydrogen (secondary N) is 1. The summed E-state index contributed by atoms with van der Waals surface area (Å²) in [6.45, 7) is 1.93. The number of ether oxygens (including phenoxy) is 1. The van der Waals surface area contributed by atoms with Gasteiger partial charge in [0.1, 0.15) is 0 Å². The van der Waals surface area contributed by atoms with E-state index in [1.165, 1.54) is 38.5 Å². The molecule has 0 bridgehead atoms. The molecule has 2 saturated carbocycles. The van der Waals surface area contributed by atoms with E-state index in [0.717, 1.165) is 19.3 Å². The van der Waals surface area contributed by atoms with Gasteiger partial charge in [-0.25, -0.2) is 0 Å². The van der Waals surface area contributed by atoms with E-state index in [2.05, 4.69) is 5.32 Å². The molecule has 2 rings (SSSR count). The van der Waals surface area contributed by atoms with Crippen LogP contribution in [0.4, 0.5) is 0 Å². The van der Waals surface area contributed by atoms with Crippen molar-refractivity contribution in [3.63, 3.8) is 0 Å². The van der Waals surface area contributed by atoms with Crippen molar-refractivity contribution in [2.24, 2.45) is 17.6 Å². The fourth-order valence-corrected chi connectivity index (χ4v) is 3.60. The summed E-state index contributed by atoms with van der Waals surface area (Å²) in [5.41, 5.74) is 5.78. The molecular formula is C16H30N2O2. The highest BCUT2D eigenvalue weighted by molar-refractivity contribution is 5.79. The number of rotatable bonds is 6. The molecule has 0 aromatic carbocycles. The van der Waals surface area contributed by atoms with Gasteiger partial charge in [-0.05, 0) is 38.1 Å². The van der Waals surface area contributed by atoms with Crippen molar-refractivity contribution in [3.05, 3.63) is 0 Å². The predicted octanol–water partition coefficient (Wildman–Crippen LogP) is 2.22. The van der Waals surface area contributed by atoms with Crippen LogP contribution in [0, 0.1) is 11.8 Å². The van der Waals surface area contributed by atoms with Gasteiger partial charge in [0.15, 0.2) is 0 Å². The molecule has 4 nitrogen and oxygen atoms in total. The second-order valence-corrected chi connectivity index (χ2v) is 6.31. The molecular weight excluding hydrogens is 252 g/mol. The first kappa shape index (κ1) is 15.8. The molecule has 2 fully saturated rings. The Morgan fingerprint density at radius 3 is 2.50 bits per heavy atom. The van der Waals surface area contributed by atoms with Crippen LogP contribution in [0.25, 0.3) is 0 Å². The van der Waals surface area contributed by atoms with E-state index in [4.69, 9.17) is 10.5 Å². The molecule has 0 radical (unpaired) electrons. The van der Waals surface area contributed by atoms with Crippen LogP contribution in [0.5, 0.6) is 0 Å². The van der Waals surface area contributed by atoms with Crippen molar-refractivity contribution >= 4 is 5.91 Å². The van der Waals surface area contributed by atoms with Crippen LogP contribution in [0.15, 0.2) is 0 Å². The minimum Gasteiger partial charge on any atom is -0.376 e. The molecule has 0 saturated heterocycles. The number of hydrogen-bond donors (Lipinski definition) is 2. The van der Waals surface area contributed by atoms with Crippen LogP contribution in [0.3, 0.4) is 0 Å². The molecule has 0 aromatic heterocycles. The molecule has 2 atom stereocenters. The predicted molar refractivity (Wildman–Crippen MR) is 80.3 cm³/mol. The summed E-state index contributed by atoms with van der Waals surface area (Å²) < 4.78 is 5.83. The lowest BCUT2D eigenvalue weighted by Crippen LogP contribution is -2.40. The van der Waals surface area contributed by atoms with E-state index in [9.17, 15) is 4.79 Å². The second-order valence-electron chi connectivity index (χ2n) is 6.31. The molecule has 116 valence electrons. The Balaban J connectivity index is 1.61. The van der Waals surface area contributed by atoms with Crippen molar-refractivity contribution in [1.29, 1.82) is 0 Å².